The fourth-order valence-electron chi connectivity index (χ4n) is 2.10. The highest BCUT2D eigenvalue weighted by Gasteiger charge is 2.17. The van der Waals surface area contributed by atoms with Crippen LogP contribution in [0.3, 0.4) is 0 Å². The molecule has 1 aliphatic heterocycles. The molecule has 3 nitrogen and oxygen atoms in total. The summed E-state index contributed by atoms with van der Waals surface area (Å²) in [5.41, 5.74) is 2.04. The molecule has 0 spiro atoms. The van der Waals surface area contributed by atoms with Gasteiger partial charge in [-0.05, 0) is 37.2 Å². The average Bonchev–Trinajstić information content (AvgIpc) is 2.82. The molecule has 3 heteroatoms. The molecule has 3 rings (SSSR count). The minimum absolute atomic E-state index is 0.566. The maximum atomic E-state index is 4.61. The van der Waals surface area contributed by atoms with Crippen molar-refractivity contribution in [2.75, 3.05) is 13.1 Å². The Morgan fingerprint density at radius 3 is 3.13 bits per heavy atom. The molecule has 0 aliphatic carbocycles. The summed E-state index contributed by atoms with van der Waals surface area (Å²) in [5.74, 6) is 0.566. The molecule has 1 aliphatic rings. The number of pyridine rings is 2. The van der Waals surface area contributed by atoms with Crippen molar-refractivity contribution in [3.05, 3.63) is 36.2 Å². The van der Waals surface area contributed by atoms with Crippen LogP contribution < -0.4 is 5.32 Å². The first-order chi connectivity index (χ1) is 7.43. The SMILES string of the molecule is c1cnc2nc([C@@H]3CCNC3)ccc2c1. The molecule has 1 atom stereocenters. The molecular weight excluding hydrogens is 186 g/mol. The highest BCUT2D eigenvalue weighted by molar-refractivity contribution is 5.74. The van der Waals surface area contributed by atoms with Crippen molar-refractivity contribution in [3.8, 4) is 0 Å². The summed E-state index contributed by atoms with van der Waals surface area (Å²) < 4.78 is 0. The van der Waals surface area contributed by atoms with E-state index in [4.69, 9.17) is 0 Å². The normalized spacial score (nSPS) is 20.9. The number of rotatable bonds is 1. The van der Waals surface area contributed by atoms with Gasteiger partial charge in [-0.15, -0.1) is 0 Å². The van der Waals surface area contributed by atoms with Crippen LogP contribution in [-0.4, -0.2) is 23.1 Å². The van der Waals surface area contributed by atoms with Gasteiger partial charge in [-0.2, -0.15) is 0 Å². The third kappa shape index (κ3) is 1.59. The lowest BCUT2D eigenvalue weighted by molar-refractivity contribution is 0.738. The van der Waals surface area contributed by atoms with Gasteiger partial charge in [-0.25, -0.2) is 9.97 Å². The van der Waals surface area contributed by atoms with E-state index in [9.17, 15) is 0 Å². The third-order valence-electron chi connectivity index (χ3n) is 2.96. The van der Waals surface area contributed by atoms with Crippen LogP contribution in [0.5, 0.6) is 0 Å². The van der Waals surface area contributed by atoms with Crippen LogP contribution in [0.15, 0.2) is 30.5 Å². The van der Waals surface area contributed by atoms with Gasteiger partial charge in [0.25, 0.3) is 0 Å². The first-order valence-electron chi connectivity index (χ1n) is 5.36. The standard InChI is InChI=1S/C12H13N3/c1-2-9-3-4-11(10-5-7-13-8-10)15-12(9)14-6-1/h1-4,6,10,13H,5,7-8H2/t10-/m1/s1. The van der Waals surface area contributed by atoms with Gasteiger partial charge >= 0.3 is 0 Å². The number of hydrogen-bond acceptors (Lipinski definition) is 3. The van der Waals surface area contributed by atoms with Crippen molar-refractivity contribution in [1.29, 1.82) is 0 Å². The molecule has 0 amide bonds. The first kappa shape index (κ1) is 8.80. The minimum atomic E-state index is 0.566. The Morgan fingerprint density at radius 1 is 1.27 bits per heavy atom. The van der Waals surface area contributed by atoms with Gasteiger partial charge in [0.05, 0.1) is 0 Å². The van der Waals surface area contributed by atoms with E-state index in [-0.39, 0.29) is 0 Å². The molecule has 76 valence electrons. The van der Waals surface area contributed by atoms with Crippen LogP contribution in [0.25, 0.3) is 11.0 Å². The maximum Gasteiger partial charge on any atom is 0.159 e. The lowest BCUT2D eigenvalue weighted by atomic mass is 10.0. The number of fused-ring (bicyclic) bond motifs is 1. The van der Waals surface area contributed by atoms with Crippen LogP contribution in [0, 0.1) is 0 Å². The molecule has 0 bridgehead atoms. The van der Waals surface area contributed by atoms with Crippen molar-refractivity contribution >= 4 is 11.0 Å². The Bertz CT molecular complexity index is 475. The van der Waals surface area contributed by atoms with Crippen molar-refractivity contribution in [1.82, 2.24) is 15.3 Å². The van der Waals surface area contributed by atoms with E-state index in [2.05, 4.69) is 27.4 Å². The van der Waals surface area contributed by atoms with Gasteiger partial charge in [0.15, 0.2) is 5.65 Å². The number of nitrogens with zero attached hydrogens (tertiary/aromatic N) is 2. The molecule has 15 heavy (non-hydrogen) atoms. The summed E-state index contributed by atoms with van der Waals surface area (Å²) in [6, 6.07) is 8.23. The zero-order valence-electron chi connectivity index (χ0n) is 8.48. The molecular formula is C12H13N3. The molecule has 0 unspecified atom stereocenters. The molecule has 0 radical (unpaired) electrons. The fraction of sp³-hybridized carbons (Fsp3) is 0.333. The second-order valence-electron chi connectivity index (χ2n) is 3.98. The van der Waals surface area contributed by atoms with Crippen molar-refractivity contribution in [2.24, 2.45) is 0 Å². The molecule has 1 fully saturated rings. The van der Waals surface area contributed by atoms with Crippen molar-refractivity contribution in [3.63, 3.8) is 0 Å². The largest absolute Gasteiger partial charge is 0.316 e. The predicted molar refractivity (Wildman–Crippen MR) is 59.8 cm³/mol. The number of nitrogens with one attached hydrogen (secondary N) is 1. The lowest BCUT2D eigenvalue weighted by Crippen LogP contribution is -2.08. The van der Waals surface area contributed by atoms with E-state index in [1.807, 2.05) is 12.1 Å². The van der Waals surface area contributed by atoms with Gasteiger partial charge < -0.3 is 5.32 Å². The van der Waals surface area contributed by atoms with E-state index in [0.29, 0.717) is 5.92 Å². The maximum absolute atomic E-state index is 4.61. The van der Waals surface area contributed by atoms with E-state index in [0.717, 1.165) is 24.1 Å². The summed E-state index contributed by atoms with van der Waals surface area (Å²) in [6.07, 6.45) is 2.98. The van der Waals surface area contributed by atoms with Crippen LogP contribution in [0.1, 0.15) is 18.0 Å². The highest BCUT2D eigenvalue weighted by atomic mass is 14.9. The Morgan fingerprint density at radius 2 is 2.27 bits per heavy atom. The second kappa shape index (κ2) is 3.59. The van der Waals surface area contributed by atoms with Gasteiger partial charge in [0, 0.05) is 29.7 Å². The molecule has 3 heterocycles. The molecule has 0 aromatic carbocycles. The number of hydrogen-bond donors (Lipinski definition) is 1. The average molecular weight is 199 g/mol. The summed E-state index contributed by atoms with van der Waals surface area (Å²) in [6.45, 7) is 2.15. The summed E-state index contributed by atoms with van der Waals surface area (Å²) in [5, 5.41) is 4.48. The van der Waals surface area contributed by atoms with Gasteiger partial charge in [-0.1, -0.05) is 0 Å². The van der Waals surface area contributed by atoms with E-state index in [1.54, 1.807) is 6.20 Å². The topological polar surface area (TPSA) is 37.8 Å². The summed E-state index contributed by atoms with van der Waals surface area (Å²) in [7, 11) is 0. The van der Waals surface area contributed by atoms with E-state index >= 15 is 0 Å². The van der Waals surface area contributed by atoms with Crippen LogP contribution in [0.4, 0.5) is 0 Å². The zero-order valence-corrected chi connectivity index (χ0v) is 8.48. The van der Waals surface area contributed by atoms with Gasteiger partial charge in [0.2, 0.25) is 0 Å². The van der Waals surface area contributed by atoms with E-state index < -0.39 is 0 Å². The molecule has 0 saturated carbocycles. The predicted octanol–water partition coefficient (Wildman–Crippen LogP) is 1.71. The Hall–Kier alpha value is -1.48. The summed E-state index contributed by atoms with van der Waals surface area (Å²) >= 11 is 0. The Balaban J connectivity index is 2.05. The van der Waals surface area contributed by atoms with Crippen LogP contribution in [0.2, 0.25) is 0 Å². The summed E-state index contributed by atoms with van der Waals surface area (Å²) in [4.78, 5) is 8.89. The monoisotopic (exact) mass is 199 g/mol. The quantitative estimate of drug-likeness (QED) is 0.759. The Labute approximate surface area is 88.6 Å². The fourth-order valence-corrected chi connectivity index (χ4v) is 2.10. The van der Waals surface area contributed by atoms with Crippen LogP contribution in [-0.2, 0) is 0 Å². The highest BCUT2D eigenvalue weighted by Crippen LogP contribution is 2.21. The minimum Gasteiger partial charge on any atom is -0.316 e. The molecule has 2 aromatic heterocycles. The lowest BCUT2D eigenvalue weighted by Gasteiger charge is -2.07. The van der Waals surface area contributed by atoms with E-state index in [1.165, 1.54) is 12.1 Å². The van der Waals surface area contributed by atoms with Crippen molar-refractivity contribution < 1.29 is 0 Å². The second-order valence-corrected chi connectivity index (χ2v) is 3.98. The first-order valence-corrected chi connectivity index (χ1v) is 5.36. The van der Waals surface area contributed by atoms with Gasteiger partial charge in [-0.3, -0.25) is 0 Å². The molecule has 1 saturated heterocycles. The zero-order chi connectivity index (χ0) is 10.1. The smallest absolute Gasteiger partial charge is 0.159 e. The van der Waals surface area contributed by atoms with Crippen LogP contribution >= 0.6 is 0 Å². The molecule has 1 N–H and O–H groups in total. The number of aromatic nitrogens is 2. The van der Waals surface area contributed by atoms with Gasteiger partial charge in [0.1, 0.15) is 0 Å². The third-order valence-corrected chi connectivity index (χ3v) is 2.96. The van der Waals surface area contributed by atoms with Crippen molar-refractivity contribution in [2.45, 2.75) is 12.3 Å². The molecule has 2 aromatic rings. The Kier molecular flexibility index (Phi) is 2.10.